The van der Waals surface area contributed by atoms with Gasteiger partial charge in [0.05, 0.1) is 6.07 Å². The van der Waals surface area contributed by atoms with E-state index in [1.54, 1.807) is 4.90 Å². The summed E-state index contributed by atoms with van der Waals surface area (Å²) in [5.74, 6) is 0.278. The fourth-order valence-electron chi connectivity index (χ4n) is 3.98. The molecule has 0 aromatic carbocycles. The zero-order chi connectivity index (χ0) is 18.1. The van der Waals surface area contributed by atoms with Gasteiger partial charge in [-0.05, 0) is 39.5 Å². The highest BCUT2D eigenvalue weighted by Gasteiger charge is 2.53. The van der Waals surface area contributed by atoms with E-state index in [0.29, 0.717) is 25.6 Å². The van der Waals surface area contributed by atoms with Gasteiger partial charge in [-0.15, -0.1) is 0 Å². The molecule has 0 aromatic rings. The predicted octanol–water partition coefficient (Wildman–Crippen LogP) is 2.78. The van der Waals surface area contributed by atoms with Gasteiger partial charge in [-0.25, -0.2) is 4.79 Å². The van der Waals surface area contributed by atoms with Crippen LogP contribution in [0.1, 0.15) is 53.9 Å². The fourth-order valence-corrected chi connectivity index (χ4v) is 3.98. The number of nitrogens with zero attached hydrogens (tertiary/aromatic N) is 3. The van der Waals surface area contributed by atoms with Crippen LogP contribution in [-0.4, -0.2) is 53.1 Å². The van der Waals surface area contributed by atoms with E-state index >= 15 is 0 Å². The van der Waals surface area contributed by atoms with E-state index in [0.717, 1.165) is 12.8 Å². The van der Waals surface area contributed by atoms with Gasteiger partial charge in [-0.2, -0.15) is 5.26 Å². The van der Waals surface area contributed by atoms with Crippen molar-refractivity contribution in [2.45, 2.75) is 65.5 Å². The van der Waals surface area contributed by atoms with Crippen LogP contribution in [0.2, 0.25) is 0 Å². The molecule has 2 fully saturated rings. The lowest BCUT2D eigenvalue weighted by Crippen LogP contribution is -2.68. The van der Waals surface area contributed by atoms with Crippen molar-refractivity contribution in [2.75, 3.05) is 19.6 Å². The maximum absolute atomic E-state index is 12.4. The summed E-state index contributed by atoms with van der Waals surface area (Å²) in [7, 11) is 0. The first-order valence-electron chi connectivity index (χ1n) is 8.69. The average molecular weight is 335 g/mol. The summed E-state index contributed by atoms with van der Waals surface area (Å²) in [6.45, 7) is 12.1. The van der Waals surface area contributed by atoms with E-state index in [2.05, 4.69) is 13.8 Å². The summed E-state index contributed by atoms with van der Waals surface area (Å²) in [6.07, 6.45) is 1.44. The van der Waals surface area contributed by atoms with Crippen LogP contribution in [-0.2, 0) is 9.53 Å². The van der Waals surface area contributed by atoms with Gasteiger partial charge in [-0.1, -0.05) is 13.8 Å². The lowest BCUT2D eigenvalue weighted by Gasteiger charge is -2.58. The van der Waals surface area contributed by atoms with Crippen LogP contribution in [0.5, 0.6) is 0 Å². The van der Waals surface area contributed by atoms with Gasteiger partial charge in [0.15, 0.2) is 0 Å². The number of carbonyl (C=O) groups excluding carboxylic acids is 2. The molecule has 0 unspecified atom stereocenters. The van der Waals surface area contributed by atoms with Crippen LogP contribution in [0.15, 0.2) is 0 Å². The van der Waals surface area contributed by atoms with Gasteiger partial charge in [0.25, 0.3) is 0 Å². The van der Waals surface area contributed by atoms with Crippen molar-refractivity contribution in [1.82, 2.24) is 9.80 Å². The van der Waals surface area contributed by atoms with Crippen LogP contribution < -0.4 is 0 Å². The number of ether oxygens (including phenoxy) is 1. The average Bonchev–Trinajstić information content (AvgIpc) is 2.44. The summed E-state index contributed by atoms with van der Waals surface area (Å²) in [6, 6.07) is 2.07. The molecule has 0 saturated carbocycles. The molecular formula is C18H29N3O3. The summed E-state index contributed by atoms with van der Waals surface area (Å²) in [5, 5.41) is 8.66. The molecule has 2 heterocycles. The van der Waals surface area contributed by atoms with Gasteiger partial charge in [-0.3, -0.25) is 4.79 Å². The molecule has 6 nitrogen and oxygen atoms in total. The monoisotopic (exact) mass is 335 g/mol. The lowest BCUT2D eigenvalue weighted by molar-refractivity contribution is -0.134. The Bertz CT molecular complexity index is 537. The smallest absolute Gasteiger partial charge is 0.410 e. The second-order valence-corrected chi connectivity index (χ2v) is 8.59. The molecular weight excluding hydrogens is 306 g/mol. The SMILES string of the molecule is CC(C)(C)OC(=O)N1CC(C)(C)[C@H]1C1CCN(C(=O)CC#N)CC1. The quantitative estimate of drug-likeness (QED) is 0.778. The van der Waals surface area contributed by atoms with Crippen molar-refractivity contribution in [3.63, 3.8) is 0 Å². The summed E-state index contributed by atoms with van der Waals surface area (Å²) >= 11 is 0. The van der Waals surface area contributed by atoms with Gasteiger partial charge in [0, 0.05) is 31.1 Å². The number of hydrogen-bond donors (Lipinski definition) is 0. The second-order valence-electron chi connectivity index (χ2n) is 8.59. The number of nitriles is 1. The molecule has 2 rings (SSSR count). The zero-order valence-corrected chi connectivity index (χ0v) is 15.5. The molecule has 1 atom stereocenters. The Hall–Kier alpha value is -1.77. The highest BCUT2D eigenvalue weighted by atomic mass is 16.6. The topological polar surface area (TPSA) is 73.6 Å². The van der Waals surface area contributed by atoms with E-state index in [4.69, 9.17) is 10.00 Å². The Labute approximate surface area is 144 Å². The lowest BCUT2D eigenvalue weighted by atomic mass is 9.67. The van der Waals surface area contributed by atoms with Crippen LogP contribution in [0.4, 0.5) is 4.79 Å². The minimum absolute atomic E-state index is 0.0520. The molecule has 2 aliphatic rings. The summed E-state index contributed by atoms with van der Waals surface area (Å²) < 4.78 is 5.53. The minimum Gasteiger partial charge on any atom is -0.444 e. The molecule has 0 spiro atoms. The normalized spacial score (nSPS) is 24.1. The van der Waals surface area contributed by atoms with E-state index in [1.165, 1.54) is 0 Å². The molecule has 6 heteroatoms. The molecule has 24 heavy (non-hydrogen) atoms. The Kier molecular flexibility index (Phi) is 5.12. The highest BCUT2D eigenvalue weighted by Crippen LogP contribution is 2.45. The van der Waals surface area contributed by atoms with Gasteiger partial charge < -0.3 is 14.5 Å². The molecule has 2 amide bonds. The molecule has 134 valence electrons. The number of amides is 2. The molecule has 0 N–H and O–H groups in total. The highest BCUT2D eigenvalue weighted by molar-refractivity contribution is 5.78. The number of rotatable bonds is 2. The third kappa shape index (κ3) is 4.00. The Morgan fingerprint density at radius 2 is 1.83 bits per heavy atom. The fraction of sp³-hybridized carbons (Fsp3) is 0.833. The number of carbonyl (C=O) groups is 2. The van der Waals surface area contributed by atoms with Crippen LogP contribution in [0.3, 0.4) is 0 Å². The third-order valence-electron chi connectivity index (χ3n) is 4.91. The Morgan fingerprint density at radius 3 is 2.29 bits per heavy atom. The first-order valence-corrected chi connectivity index (χ1v) is 8.69. The second kappa shape index (κ2) is 6.62. The molecule has 0 radical (unpaired) electrons. The maximum atomic E-state index is 12.4. The van der Waals surface area contributed by atoms with Crippen molar-refractivity contribution in [2.24, 2.45) is 11.3 Å². The summed E-state index contributed by atoms with van der Waals surface area (Å²) in [4.78, 5) is 27.9. The molecule has 2 saturated heterocycles. The first-order chi connectivity index (χ1) is 11.0. The number of hydrogen-bond acceptors (Lipinski definition) is 4. The van der Waals surface area contributed by atoms with Crippen molar-refractivity contribution < 1.29 is 14.3 Å². The van der Waals surface area contributed by atoms with Crippen molar-refractivity contribution in [3.05, 3.63) is 0 Å². The number of likely N-dealkylation sites (tertiary alicyclic amines) is 2. The largest absolute Gasteiger partial charge is 0.444 e. The Morgan fingerprint density at radius 1 is 1.25 bits per heavy atom. The molecule has 0 aliphatic carbocycles. The van der Waals surface area contributed by atoms with E-state index < -0.39 is 5.60 Å². The molecule has 2 aliphatic heterocycles. The maximum Gasteiger partial charge on any atom is 0.410 e. The van der Waals surface area contributed by atoms with E-state index in [-0.39, 0.29) is 29.9 Å². The molecule has 0 aromatic heterocycles. The standard InChI is InChI=1S/C18H29N3O3/c1-17(2,3)24-16(23)21-12-18(4,5)15(21)13-7-10-20(11-8-13)14(22)6-9-19/h13,15H,6-8,10-12H2,1-5H3/t15-/m1/s1. The summed E-state index contributed by atoms with van der Waals surface area (Å²) in [5.41, 5.74) is -0.422. The van der Waals surface area contributed by atoms with Crippen LogP contribution >= 0.6 is 0 Å². The third-order valence-corrected chi connectivity index (χ3v) is 4.91. The van der Waals surface area contributed by atoms with Gasteiger partial charge in [0.2, 0.25) is 5.91 Å². The Balaban J connectivity index is 1.98. The number of piperidine rings is 1. The first kappa shape index (κ1) is 18.6. The van der Waals surface area contributed by atoms with Crippen molar-refractivity contribution >= 4 is 12.0 Å². The van der Waals surface area contributed by atoms with E-state index in [1.807, 2.05) is 31.7 Å². The van der Waals surface area contributed by atoms with Crippen molar-refractivity contribution in [3.8, 4) is 6.07 Å². The van der Waals surface area contributed by atoms with Crippen LogP contribution in [0.25, 0.3) is 0 Å². The van der Waals surface area contributed by atoms with Crippen molar-refractivity contribution in [1.29, 1.82) is 5.26 Å². The van der Waals surface area contributed by atoms with Crippen LogP contribution in [0, 0.1) is 22.7 Å². The minimum atomic E-state index is -0.492. The zero-order valence-electron chi connectivity index (χ0n) is 15.5. The van der Waals surface area contributed by atoms with E-state index in [9.17, 15) is 9.59 Å². The van der Waals surface area contributed by atoms with Gasteiger partial charge in [0.1, 0.15) is 12.0 Å². The van der Waals surface area contributed by atoms with Gasteiger partial charge >= 0.3 is 6.09 Å². The molecule has 0 bridgehead atoms. The predicted molar refractivity (Wildman–Crippen MR) is 90.0 cm³/mol.